The molecule has 0 spiro atoms. The predicted molar refractivity (Wildman–Crippen MR) is 99.6 cm³/mol. The zero-order valence-electron chi connectivity index (χ0n) is 14.1. The molecule has 0 bridgehead atoms. The van der Waals surface area contributed by atoms with Crippen LogP contribution in [0, 0.1) is 11.3 Å². The van der Waals surface area contributed by atoms with Gasteiger partial charge >= 0.3 is 6.03 Å². The number of para-hydroxylation sites is 1. The number of amides is 2. The fourth-order valence-corrected chi connectivity index (χ4v) is 3.12. The lowest BCUT2D eigenvalue weighted by atomic mass is 10.1. The van der Waals surface area contributed by atoms with Crippen molar-refractivity contribution < 1.29 is 4.79 Å². The Morgan fingerprint density at radius 3 is 2.64 bits per heavy atom. The normalized spacial score (nSPS) is 16.8. The highest BCUT2D eigenvalue weighted by Crippen LogP contribution is 2.19. The minimum atomic E-state index is -0.187. The summed E-state index contributed by atoms with van der Waals surface area (Å²) in [7, 11) is 0. The van der Waals surface area contributed by atoms with Gasteiger partial charge < -0.3 is 15.5 Å². The van der Waals surface area contributed by atoms with Crippen LogP contribution in [0.25, 0.3) is 0 Å². The average molecular weight is 334 g/mol. The van der Waals surface area contributed by atoms with Crippen molar-refractivity contribution in [3.63, 3.8) is 0 Å². The number of benzene rings is 2. The Morgan fingerprint density at radius 1 is 1.16 bits per heavy atom. The number of nitrogens with zero attached hydrogens (tertiary/aromatic N) is 2. The lowest BCUT2D eigenvalue weighted by Gasteiger charge is -2.34. The summed E-state index contributed by atoms with van der Waals surface area (Å²) < 4.78 is 0. The standard InChI is InChI=1S/C20H22N4O/c21-13-12-16-8-10-17(11-9-16)22-20(25)23-18-5-4-14-24(15-18)19-6-2-1-3-7-19/h1-3,6-11,18H,4-5,12,14-15H2,(H2,22,23,25)/t18-/m1/s1. The number of carbonyl (C=O) groups is 1. The van der Waals surface area contributed by atoms with Crippen LogP contribution in [-0.2, 0) is 6.42 Å². The minimum Gasteiger partial charge on any atom is -0.369 e. The lowest BCUT2D eigenvalue weighted by molar-refractivity contribution is 0.246. The van der Waals surface area contributed by atoms with E-state index >= 15 is 0 Å². The molecule has 5 heteroatoms. The molecule has 1 saturated heterocycles. The van der Waals surface area contributed by atoms with Crippen LogP contribution in [0.4, 0.5) is 16.2 Å². The number of piperidine rings is 1. The summed E-state index contributed by atoms with van der Waals surface area (Å²) in [6, 6.07) is 19.7. The summed E-state index contributed by atoms with van der Waals surface area (Å²) in [4.78, 5) is 14.6. The van der Waals surface area contributed by atoms with E-state index in [0.29, 0.717) is 6.42 Å². The molecule has 2 N–H and O–H groups in total. The number of nitrogens with one attached hydrogen (secondary N) is 2. The van der Waals surface area contributed by atoms with Crippen LogP contribution < -0.4 is 15.5 Å². The van der Waals surface area contributed by atoms with Gasteiger partial charge in [0.15, 0.2) is 0 Å². The molecular weight excluding hydrogens is 312 g/mol. The minimum absolute atomic E-state index is 0.131. The highest BCUT2D eigenvalue weighted by molar-refractivity contribution is 5.89. The van der Waals surface area contributed by atoms with Crippen molar-refractivity contribution in [1.29, 1.82) is 5.26 Å². The molecule has 2 amide bonds. The quantitative estimate of drug-likeness (QED) is 0.898. The van der Waals surface area contributed by atoms with Gasteiger partial charge in [0.25, 0.3) is 0 Å². The van der Waals surface area contributed by atoms with Gasteiger partial charge in [-0.05, 0) is 42.7 Å². The van der Waals surface area contributed by atoms with Crippen molar-refractivity contribution in [3.05, 3.63) is 60.2 Å². The van der Waals surface area contributed by atoms with E-state index < -0.39 is 0 Å². The van der Waals surface area contributed by atoms with Crippen molar-refractivity contribution >= 4 is 17.4 Å². The molecular formula is C20H22N4O. The predicted octanol–water partition coefficient (Wildman–Crippen LogP) is 3.54. The summed E-state index contributed by atoms with van der Waals surface area (Å²) in [5, 5.41) is 14.6. The van der Waals surface area contributed by atoms with Crippen LogP contribution in [0.2, 0.25) is 0 Å². The summed E-state index contributed by atoms with van der Waals surface area (Å²) in [6.07, 6.45) is 2.42. The highest BCUT2D eigenvalue weighted by atomic mass is 16.2. The maximum atomic E-state index is 12.2. The molecule has 0 aliphatic carbocycles. The molecule has 2 aromatic rings. The first kappa shape index (κ1) is 16.8. The SMILES string of the molecule is N#CCc1ccc(NC(=O)N[C@@H]2CCCN(c3ccccc3)C2)cc1. The largest absolute Gasteiger partial charge is 0.369 e. The van der Waals surface area contributed by atoms with E-state index in [1.54, 1.807) is 0 Å². The van der Waals surface area contributed by atoms with E-state index in [-0.39, 0.29) is 12.1 Å². The third-order valence-corrected chi connectivity index (χ3v) is 4.37. The van der Waals surface area contributed by atoms with Crippen LogP contribution in [0.1, 0.15) is 18.4 Å². The second-order valence-corrected chi connectivity index (χ2v) is 6.25. The Bertz CT molecular complexity index is 737. The van der Waals surface area contributed by atoms with E-state index in [0.717, 1.165) is 37.2 Å². The van der Waals surface area contributed by atoms with Crippen LogP contribution in [-0.4, -0.2) is 25.2 Å². The smallest absolute Gasteiger partial charge is 0.319 e. The number of carbonyl (C=O) groups excluding carboxylic acids is 1. The molecule has 2 aromatic carbocycles. The topological polar surface area (TPSA) is 68.2 Å². The van der Waals surface area contributed by atoms with E-state index in [4.69, 9.17) is 5.26 Å². The molecule has 25 heavy (non-hydrogen) atoms. The average Bonchev–Trinajstić information content (AvgIpc) is 2.64. The summed E-state index contributed by atoms with van der Waals surface area (Å²) in [6.45, 7) is 1.84. The molecule has 3 rings (SSSR count). The summed E-state index contributed by atoms with van der Waals surface area (Å²) >= 11 is 0. The van der Waals surface area contributed by atoms with E-state index in [1.807, 2.05) is 42.5 Å². The van der Waals surface area contributed by atoms with Gasteiger partial charge in [-0.15, -0.1) is 0 Å². The van der Waals surface area contributed by atoms with Crippen LogP contribution in [0.5, 0.6) is 0 Å². The van der Waals surface area contributed by atoms with E-state index in [2.05, 4.69) is 33.7 Å². The second-order valence-electron chi connectivity index (χ2n) is 6.25. The van der Waals surface area contributed by atoms with Gasteiger partial charge in [0.05, 0.1) is 12.5 Å². The Morgan fingerprint density at radius 2 is 1.92 bits per heavy atom. The molecule has 1 fully saturated rings. The molecule has 5 nitrogen and oxygen atoms in total. The van der Waals surface area contributed by atoms with Crippen LogP contribution in [0.3, 0.4) is 0 Å². The molecule has 0 saturated carbocycles. The zero-order chi connectivity index (χ0) is 17.5. The number of anilines is 2. The van der Waals surface area contributed by atoms with Gasteiger partial charge in [0.1, 0.15) is 0 Å². The molecule has 1 aliphatic heterocycles. The maximum absolute atomic E-state index is 12.2. The third-order valence-electron chi connectivity index (χ3n) is 4.37. The summed E-state index contributed by atoms with van der Waals surface area (Å²) in [5.74, 6) is 0. The molecule has 1 atom stereocenters. The summed E-state index contributed by atoms with van der Waals surface area (Å²) in [5.41, 5.74) is 2.87. The van der Waals surface area contributed by atoms with Crippen molar-refractivity contribution in [2.45, 2.75) is 25.3 Å². The molecule has 1 heterocycles. The molecule has 0 radical (unpaired) electrons. The fraction of sp³-hybridized carbons (Fsp3) is 0.300. The lowest BCUT2D eigenvalue weighted by Crippen LogP contribution is -2.49. The Kier molecular flexibility index (Phi) is 5.53. The van der Waals surface area contributed by atoms with Crippen molar-refractivity contribution in [2.24, 2.45) is 0 Å². The first-order chi connectivity index (χ1) is 12.2. The molecule has 128 valence electrons. The number of urea groups is 1. The van der Waals surface area contributed by atoms with Gasteiger partial charge in [-0.3, -0.25) is 0 Å². The second kappa shape index (κ2) is 8.20. The van der Waals surface area contributed by atoms with Gasteiger partial charge in [-0.25, -0.2) is 4.79 Å². The van der Waals surface area contributed by atoms with Gasteiger partial charge in [-0.1, -0.05) is 30.3 Å². The first-order valence-electron chi connectivity index (χ1n) is 8.58. The number of nitriles is 1. The van der Waals surface area contributed by atoms with Gasteiger partial charge in [0, 0.05) is 30.5 Å². The number of hydrogen-bond acceptors (Lipinski definition) is 3. The Labute approximate surface area is 148 Å². The van der Waals surface area contributed by atoms with Crippen LogP contribution >= 0.6 is 0 Å². The van der Waals surface area contributed by atoms with Gasteiger partial charge in [0.2, 0.25) is 0 Å². The van der Waals surface area contributed by atoms with Crippen LogP contribution in [0.15, 0.2) is 54.6 Å². The Hall–Kier alpha value is -3.00. The van der Waals surface area contributed by atoms with Crippen molar-refractivity contribution in [3.8, 4) is 6.07 Å². The fourth-order valence-electron chi connectivity index (χ4n) is 3.12. The van der Waals surface area contributed by atoms with E-state index in [9.17, 15) is 4.79 Å². The Balaban J connectivity index is 1.53. The third kappa shape index (κ3) is 4.74. The van der Waals surface area contributed by atoms with Gasteiger partial charge in [-0.2, -0.15) is 5.26 Å². The highest BCUT2D eigenvalue weighted by Gasteiger charge is 2.21. The van der Waals surface area contributed by atoms with Crippen molar-refractivity contribution in [1.82, 2.24) is 5.32 Å². The zero-order valence-corrected chi connectivity index (χ0v) is 14.1. The first-order valence-corrected chi connectivity index (χ1v) is 8.58. The molecule has 1 aliphatic rings. The van der Waals surface area contributed by atoms with E-state index in [1.165, 1.54) is 5.69 Å². The maximum Gasteiger partial charge on any atom is 0.319 e. The molecule has 0 aromatic heterocycles. The van der Waals surface area contributed by atoms with Crippen molar-refractivity contribution in [2.75, 3.05) is 23.3 Å². The monoisotopic (exact) mass is 334 g/mol. The molecule has 0 unspecified atom stereocenters. The number of rotatable bonds is 4. The number of hydrogen-bond donors (Lipinski definition) is 2.